The zero-order valence-corrected chi connectivity index (χ0v) is 23.5. The molecule has 0 aliphatic carbocycles. The summed E-state index contributed by atoms with van der Waals surface area (Å²) in [5.41, 5.74) is 0.309. The Labute approximate surface area is 237 Å². The van der Waals surface area contributed by atoms with Gasteiger partial charge in [0.1, 0.15) is 17.8 Å². The molecule has 0 bridgehead atoms. The summed E-state index contributed by atoms with van der Waals surface area (Å²) in [5.74, 6) is -0.969. The first-order valence-electron chi connectivity index (χ1n) is 13.2. The molecule has 0 unspecified atom stereocenters. The van der Waals surface area contributed by atoms with Crippen LogP contribution in [0.2, 0.25) is 5.02 Å². The maximum atomic E-state index is 13.4. The second kappa shape index (κ2) is 11.5. The Balaban J connectivity index is 1.20. The maximum Gasteiger partial charge on any atom is 0.270 e. The number of halogens is 1. The largest absolute Gasteiger partial charge is 0.346 e. The molecule has 40 heavy (non-hydrogen) atoms. The van der Waals surface area contributed by atoms with Crippen LogP contribution in [0.1, 0.15) is 36.7 Å². The highest BCUT2D eigenvalue weighted by atomic mass is 35.5. The normalized spacial score (nSPS) is 20.5. The fourth-order valence-corrected chi connectivity index (χ4v) is 6.70. The minimum Gasteiger partial charge on any atom is -0.346 e. The van der Waals surface area contributed by atoms with E-state index >= 15 is 0 Å². The van der Waals surface area contributed by atoms with E-state index in [4.69, 9.17) is 11.6 Å². The topological polar surface area (TPSA) is 129 Å². The molecule has 0 spiro atoms. The zero-order valence-electron chi connectivity index (χ0n) is 21.9. The number of carbonyl (C=O) groups excluding carboxylic acids is 3. The predicted octanol–water partition coefficient (Wildman–Crippen LogP) is 2.58. The molecule has 1 aromatic heterocycles. The lowest BCUT2D eigenvalue weighted by atomic mass is 10.0. The number of rotatable bonds is 7. The zero-order chi connectivity index (χ0) is 28.4. The number of hydrogen-bond donors (Lipinski definition) is 2. The molecule has 2 aliphatic heterocycles. The highest BCUT2D eigenvalue weighted by Crippen LogP contribution is 2.24. The molecule has 0 saturated carbocycles. The number of nitrogens with zero attached hydrogens (tertiary/aromatic N) is 3. The van der Waals surface area contributed by atoms with Crippen molar-refractivity contribution >= 4 is 50.1 Å². The lowest BCUT2D eigenvalue weighted by Crippen LogP contribution is -2.55. The molecular weight excluding hydrogens is 554 g/mol. The number of sulfonamides is 1. The molecule has 0 radical (unpaired) electrons. The predicted molar refractivity (Wildman–Crippen MR) is 150 cm³/mol. The van der Waals surface area contributed by atoms with Gasteiger partial charge in [0, 0.05) is 36.9 Å². The van der Waals surface area contributed by atoms with Crippen molar-refractivity contribution in [3.05, 3.63) is 71.5 Å². The molecule has 3 aromatic rings. The van der Waals surface area contributed by atoms with Crippen LogP contribution in [-0.4, -0.2) is 78.7 Å². The molecule has 2 saturated heterocycles. The van der Waals surface area contributed by atoms with Gasteiger partial charge in [-0.2, -0.15) is 4.72 Å². The number of piperidine rings is 1. The molecule has 12 heteroatoms. The summed E-state index contributed by atoms with van der Waals surface area (Å²) in [6.45, 7) is 2.75. The average Bonchev–Trinajstić information content (AvgIpc) is 3.31. The second-order valence-corrected chi connectivity index (χ2v) is 12.3. The van der Waals surface area contributed by atoms with Gasteiger partial charge in [-0.1, -0.05) is 29.8 Å². The Kier molecular flexibility index (Phi) is 8.07. The second-order valence-electron chi connectivity index (χ2n) is 10.1. The quantitative estimate of drug-likeness (QED) is 0.440. The molecule has 3 heterocycles. The molecule has 2 N–H and O–H groups in total. The van der Waals surface area contributed by atoms with E-state index in [0.717, 1.165) is 11.8 Å². The summed E-state index contributed by atoms with van der Waals surface area (Å²) in [4.78, 5) is 46.3. The summed E-state index contributed by atoms with van der Waals surface area (Å²) < 4.78 is 28.7. The fraction of sp³-hybridized carbons (Fsp3) is 0.357. The van der Waals surface area contributed by atoms with E-state index in [-0.39, 0.29) is 35.7 Å². The molecule has 2 fully saturated rings. The fourth-order valence-electron chi connectivity index (χ4n) is 5.26. The molecule has 2 aromatic carbocycles. The van der Waals surface area contributed by atoms with E-state index in [0.29, 0.717) is 35.6 Å². The Morgan fingerprint density at radius 3 is 2.60 bits per heavy atom. The highest BCUT2D eigenvalue weighted by Gasteiger charge is 2.40. The number of fused-ring (bicyclic) bond motifs is 1. The lowest BCUT2D eigenvalue weighted by Gasteiger charge is -2.36. The third kappa shape index (κ3) is 5.96. The summed E-state index contributed by atoms with van der Waals surface area (Å²) in [5, 5.41) is 5.01. The first-order valence-corrected chi connectivity index (χ1v) is 15.0. The SMILES string of the molecule is C[C@@H](C(=O)N1CCC[C@H](NC(=O)c2ccccn2)C1)N1CC[C@H](NS(=O)(=O)c2ccc3cc(Cl)ccc3c2)C1=O. The maximum absolute atomic E-state index is 13.4. The van der Waals surface area contributed by atoms with Gasteiger partial charge in [0.05, 0.1) is 4.90 Å². The van der Waals surface area contributed by atoms with Gasteiger partial charge in [-0.15, -0.1) is 0 Å². The molecule has 2 aliphatic rings. The molecular formula is C28H30ClN5O5S. The van der Waals surface area contributed by atoms with Crippen molar-refractivity contribution in [1.29, 1.82) is 0 Å². The number of carbonyl (C=O) groups is 3. The molecule has 5 rings (SSSR count). The number of nitrogens with one attached hydrogen (secondary N) is 2. The number of benzene rings is 2. The van der Waals surface area contributed by atoms with Crippen molar-refractivity contribution in [2.24, 2.45) is 0 Å². The van der Waals surface area contributed by atoms with Crippen molar-refractivity contribution in [3.8, 4) is 0 Å². The molecule has 210 valence electrons. The minimum atomic E-state index is -3.98. The van der Waals surface area contributed by atoms with Crippen LogP contribution in [0.4, 0.5) is 0 Å². The Morgan fingerprint density at radius 1 is 1.05 bits per heavy atom. The number of amides is 3. The van der Waals surface area contributed by atoms with Crippen LogP contribution in [0.25, 0.3) is 10.8 Å². The van der Waals surface area contributed by atoms with Crippen molar-refractivity contribution in [2.75, 3.05) is 19.6 Å². The first-order chi connectivity index (χ1) is 19.1. The number of pyridine rings is 1. The van der Waals surface area contributed by atoms with Gasteiger partial charge in [0.15, 0.2) is 0 Å². The molecule has 3 amide bonds. The number of likely N-dealkylation sites (tertiary alicyclic amines) is 2. The van der Waals surface area contributed by atoms with Gasteiger partial charge in [0.25, 0.3) is 5.91 Å². The monoisotopic (exact) mass is 583 g/mol. The third-order valence-electron chi connectivity index (χ3n) is 7.41. The summed E-state index contributed by atoms with van der Waals surface area (Å²) in [6.07, 6.45) is 3.23. The van der Waals surface area contributed by atoms with Crippen LogP contribution in [0.15, 0.2) is 65.7 Å². The number of aromatic nitrogens is 1. The van der Waals surface area contributed by atoms with Gasteiger partial charge in [-0.05, 0) is 73.4 Å². The van der Waals surface area contributed by atoms with Crippen molar-refractivity contribution in [3.63, 3.8) is 0 Å². The van der Waals surface area contributed by atoms with E-state index < -0.39 is 28.0 Å². The van der Waals surface area contributed by atoms with E-state index in [1.54, 1.807) is 60.5 Å². The number of hydrogen-bond acceptors (Lipinski definition) is 6. The van der Waals surface area contributed by atoms with Gasteiger partial charge in [-0.3, -0.25) is 19.4 Å². The minimum absolute atomic E-state index is 0.0461. The lowest BCUT2D eigenvalue weighted by molar-refractivity contribution is -0.144. The molecule has 3 atom stereocenters. The average molecular weight is 584 g/mol. The van der Waals surface area contributed by atoms with E-state index in [9.17, 15) is 22.8 Å². The van der Waals surface area contributed by atoms with E-state index in [1.807, 2.05) is 0 Å². The smallest absolute Gasteiger partial charge is 0.270 e. The Bertz CT molecular complexity index is 1550. The van der Waals surface area contributed by atoms with Crippen molar-refractivity contribution < 1.29 is 22.8 Å². The van der Waals surface area contributed by atoms with Crippen LogP contribution in [-0.2, 0) is 19.6 Å². The highest BCUT2D eigenvalue weighted by molar-refractivity contribution is 7.89. The summed E-state index contributed by atoms with van der Waals surface area (Å²) in [7, 11) is -3.98. The Hall–Kier alpha value is -3.54. The Morgan fingerprint density at radius 2 is 1.82 bits per heavy atom. The summed E-state index contributed by atoms with van der Waals surface area (Å²) >= 11 is 6.02. The van der Waals surface area contributed by atoms with Crippen LogP contribution in [0.3, 0.4) is 0 Å². The van der Waals surface area contributed by atoms with Crippen LogP contribution >= 0.6 is 11.6 Å². The van der Waals surface area contributed by atoms with Crippen molar-refractivity contribution in [2.45, 2.75) is 49.2 Å². The van der Waals surface area contributed by atoms with Gasteiger partial charge in [-0.25, -0.2) is 8.42 Å². The molecule has 10 nitrogen and oxygen atoms in total. The summed E-state index contributed by atoms with van der Waals surface area (Å²) in [6, 6.07) is 13.0. The standard InChI is InChI=1S/C28H30ClN5O5S/c1-18(27(36)33-13-4-5-22(17-33)31-26(35)24-6-2-3-12-30-24)34-14-11-25(28(34)37)32-40(38,39)23-10-8-19-15-21(29)9-7-20(19)16-23/h2-3,6-10,12,15-16,18,22,25,32H,4-5,11,13-14,17H2,1H3,(H,31,35)/t18-,22-,25-/m0/s1. The van der Waals surface area contributed by atoms with Crippen LogP contribution in [0.5, 0.6) is 0 Å². The van der Waals surface area contributed by atoms with Crippen molar-refractivity contribution in [1.82, 2.24) is 24.8 Å². The van der Waals surface area contributed by atoms with Gasteiger partial charge < -0.3 is 15.1 Å². The van der Waals surface area contributed by atoms with Gasteiger partial charge >= 0.3 is 0 Å². The van der Waals surface area contributed by atoms with E-state index in [1.165, 1.54) is 17.0 Å². The third-order valence-corrected chi connectivity index (χ3v) is 9.12. The van der Waals surface area contributed by atoms with Gasteiger partial charge in [0.2, 0.25) is 21.8 Å². The van der Waals surface area contributed by atoms with Crippen LogP contribution < -0.4 is 10.0 Å². The first kappa shape index (κ1) is 28.0. The van der Waals surface area contributed by atoms with E-state index in [2.05, 4.69) is 15.0 Å². The van der Waals surface area contributed by atoms with Crippen LogP contribution in [0, 0.1) is 0 Å².